The lowest BCUT2D eigenvalue weighted by molar-refractivity contribution is 0.201. The van der Waals surface area contributed by atoms with Crippen molar-refractivity contribution >= 4 is 22.6 Å². The molecule has 3 nitrogen and oxygen atoms in total. The van der Waals surface area contributed by atoms with Crippen LogP contribution in [0.4, 0.5) is 0 Å². The van der Waals surface area contributed by atoms with Crippen molar-refractivity contribution in [3.05, 3.63) is 15.0 Å². The van der Waals surface area contributed by atoms with Crippen molar-refractivity contribution in [3.63, 3.8) is 0 Å². The van der Waals surface area contributed by atoms with Gasteiger partial charge in [0.2, 0.25) is 0 Å². The summed E-state index contributed by atoms with van der Waals surface area (Å²) in [6.45, 7) is 2.81. The Morgan fingerprint density at radius 1 is 1.64 bits per heavy atom. The Bertz CT molecular complexity index is 234. The molecule has 0 aliphatic carbocycles. The van der Waals surface area contributed by atoms with E-state index in [1.807, 2.05) is 0 Å². The fourth-order valence-electron chi connectivity index (χ4n) is 0.856. The maximum atomic E-state index is 4.96. The molecule has 0 aromatic carbocycles. The molecule has 0 aliphatic heterocycles. The number of halogens is 1. The number of aromatic amines is 1. The second-order valence-corrected chi connectivity index (χ2v) is 3.38. The van der Waals surface area contributed by atoms with Crippen LogP contribution in [0.1, 0.15) is 11.3 Å². The summed E-state index contributed by atoms with van der Waals surface area (Å²) in [5.41, 5.74) is 2.42. The van der Waals surface area contributed by atoms with Crippen molar-refractivity contribution in [3.8, 4) is 0 Å². The normalized spacial score (nSPS) is 10.5. The third-order valence-corrected chi connectivity index (χ3v) is 2.66. The lowest BCUT2D eigenvalue weighted by Crippen LogP contribution is -1.96. The topological polar surface area (TPSA) is 37.9 Å². The van der Waals surface area contributed by atoms with E-state index >= 15 is 0 Å². The summed E-state index contributed by atoms with van der Waals surface area (Å²) in [4.78, 5) is 0. The fraction of sp³-hybridized carbons (Fsp3) is 0.571. The largest absolute Gasteiger partial charge is 0.384 e. The lowest BCUT2D eigenvalue weighted by Gasteiger charge is -1.96. The highest BCUT2D eigenvalue weighted by atomic mass is 127. The predicted molar refractivity (Wildman–Crippen MR) is 51.6 cm³/mol. The van der Waals surface area contributed by atoms with Gasteiger partial charge in [0.1, 0.15) is 3.70 Å². The Morgan fingerprint density at radius 3 is 2.82 bits per heavy atom. The summed E-state index contributed by atoms with van der Waals surface area (Å²) < 4.78 is 6.01. The Balaban J connectivity index is 2.63. The zero-order valence-electron chi connectivity index (χ0n) is 6.65. The number of hydrogen-bond donors (Lipinski definition) is 1. The molecule has 0 unspecified atom stereocenters. The van der Waals surface area contributed by atoms with Crippen molar-refractivity contribution in [2.24, 2.45) is 0 Å². The summed E-state index contributed by atoms with van der Waals surface area (Å²) in [5, 5.41) is 7.05. The molecule has 0 radical (unpaired) electrons. The molecule has 0 atom stereocenters. The van der Waals surface area contributed by atoms with E-state index in [4.69, 9.17) is 4.74 Å². The van der Waals surface area contributed by atoms with Crippen molar-refractivity contribution in [2.75, 3.05) is 13.7 Å². The van der Waals surface area contributed by atoms with Crippen molar-refractivity contribution in [1.29, 1.82) is 0 Å². The molecular formula is C7H11IN2O. The Labute approximate surface area is 79.7 Å². The Morgan fingerprint density at radius 2 is 2.36 bits per heavy atom. The summed E-state index contributed by atoms with van der Waals surface area (Å²) in [6, 6.07) is 0. The van der Waals surface area contributed by atoms with E-state index in [9.17, 15) is 0 Å². The molecule has 0 fully saturated rings. The van der Waals surface area contributed by atoms with Crippen LogP contribution in [0, 0.1) is 10.6 Å². The maximum Gasteiger partial charge on any atom is 0.126 e. The Kier molecular flexibility index (Phi) is 3.32. The van der Waals surface area contributed by atoms with Crippen LogP contribution in [-0.2, 0) is 11.2 Å². The first-order valence-electron chi connectivity index (χ1n) is 3.44. The van der Waals surface area contributed by atoms with Crippen LogP contribution in [0.3, 0.4) is 0 Å². The van der Waals surface area contributed by atoms with E-state index in [1.54, 1.807) is 7.11 Å². The minimum absolute atomic E-state index is 0.749. The van der Waals surface area contributed by atoms with Crippen molar-refractivity contribution in [1.82, 2.24) is 10.2 Å². The molecule has 4 heteroatoms. The van der Waals surface area contributed by atoms with Gasteiger partial charge in [0.25, 0.3) is 0 Å². The maximum absolute atomic E-state index is 4.96. The predicted octanol–water partition coefficient (Wildman–Crippen LogP) is 1.51. The van der Waals surface area contributed by atoms with E-state index in [0.717, 1.165) is 16.7 Å². The van der Waals surface area contributed by atoms with Crippen molar-refractivity contribution in [2.45, 2.75) is 13.3 Å². The van der Waals surface area contributed by atoms with E-state index in [1.165, 1.54) is 11.3 Å². The van der Waals surface area contributed by atoms with Crippen LogP contribution in [0.15, 0.2) is 0 Å². The van der Waals surface area contributed by atoms with Gasteiger partial charge in [-0.15, -0.1) is 0 Å². The number of methoxy groups -OCH3 is 1. The number of aromatic nitrogens is 2. The standard InChI is InChI=1S/C7H11IN2O/c1-5-6(3-4-11-2)9-10-7(5)8/h3-4H2,1-2H3,(H,9,10). The van der Waals surface area contributed by atoms with Gasteiger partial charge in [0.05, 0.1) is 6.61 Å². The molecule has 62 valence electrons. The second-order valence-electron chi connectivity index (χ2n) is 2.36. The average Bonchev–Trinajstić information content (AvgIpc) is 2.31. The van der Waals surface area contributed by atoms with Gasteiger partial charge in [-0.3, -0.25) is 5.10 Å². The molecule has 0 amide bonds. The van der Waals surface area contributed by atoms with Crippen LogP contribution in [0.25, 0.3) is 0 Å². The SMILES string of the molecule is COCCc1[nH]nc(I)c1C. The number of nitrogens with one attached hydrogen (secondary N) is 1. The first-order valence-corrected chi connectivity index (χ1v) is 4.52. The van der Waals surface area contributed by atoms with Crippen LogP contribution in [0.5, 0.6) is 0 Å². The van der Waals surface area contributed by atoms with Gasteiger partial charge >= 0.3 is 0 Å². The molecule has 0 saturated carbocycles. The number of nitrogens with zero attached hydrogens (tertiary/aromatic N) is 1. The molecule has 11 heavy (non-hydrogen) atoms. The van der Waals surface area contributed by atoms with Gasteiger partial charge in [-0.25, -0.2) is 0 Å². The van der Waals surface area contributed by atoms with Gasteiger partial charge in [0, 0.05) is 24.8 Å². The molecule has 1 rings (SSSR count). The lowest BCUT2D eigenvalue weighted by atomic mass is 10.2. The molecule has 1 N–H and O–H groups in total. The molecular weight excluding hydrogens is 255 g/mol. The quantitative estimate of drug-likeness (QED) is 0.842. The molecule has 1 aromatic heterocycles. The van der Waals surface area contributed by atoms with E-state index in [-0.39, 0.29) is 0 Å². The van der Waals surface area contributed by atoms with Gasteiger partial charge in [-0.1, -0.05) is 0 Å². The monoisotopic (exact) mass is 266 g/mol. The third-order valence-electron chi connectivity index (χ3n) is 1.61. The van der Waals surface area contributed by atoms with Gasteiger partial charge < -0.3 is 4.74 Å². The molecule has 0 aliphatic rings. The Hall–Kier alpha value is -0.100. The smallest absolute Gasteiger partial charge is 0.126 e. The van der Waals surface area contributed by atoms with Crippen LogP contribution < -0.4 is 0 Å². The zero-order valence-corrected chi connectivity index (χ0v) is 8.81. The van der Waals surface area contributed by atoms with Crippen LogP contribution in [0.2, 0.25) is 0 Å². The van der Waals surface area contributed by atoms with Gasteiger partial charge in [-0.2, -0.15) is 5.10 Å². The molecule has 1 heterocycles. The summed E-state index contributed by atoms with van der Waals surface area (Å²) in [6.07, 6.45) is 0.915. The number of H-pyrrole nitrogens is 1. The molecule has 0 spiro atoms. The summed E-state index contributed by atoms with van der Waals surface area (Å²) in [5.74, 6) is 0. The molecule has 0 saturated heterocycles. The first kappa shape index (κ1) is 8.99. The van der Waals surface area contributed by atoms with E-state index < -0.39 is 0 Å². The number of rotatable bonds is 3. The van der Waals surface area contributed by atoms with Crippen LogP contribution >= 0.6 is 22.6 Å². The molecule has 1 aromatic rings. The summed E-state index contributed by atoms with van der Waals surface area (Å²) in [7, 11) is 1.71. The highest BCUT2D eigenvalue weighted by Crippen LogP contribution is 2.11. The molecule has 0 bridgehead atoms. The van der Waals surface area contributed by atoms with Gasteiger partial charge in [0.15, 0.2) is 0 Å². The van der Waals surface area contributed by atoms with E-state index in [0.29, 0.717) is 0 Å². The first-order chi connectivity index (χ1) is 5.25. The average molecular weight is 266 g/mol. The number of hydrogen-bond acceptors (Lipinski definition) is 2. The summed E-state index contributed by atoms with van der Waals surface area (Å²) >= 11 is 2.21. The number of ether oxygens (including phenoxy) is 1. The second kappa shape index (κ2) is 4.06. The highest BCUT2D eigenvalue weighted by Gasteiger charge is 2.04. The zero-order chi connectivity index (χ0) is 8.27. The fourth-order valence-corrected chi connectivity index (χ4v) is 1.30. The minimum atomic E-state index is 0.749. The van der Waals surface area contributed by atoms with Crippen molar-refractivity contribution < 1.29 is 4.74 Å². The highest BCUT2D eigenvalue weighted by molar-refractivity contribution is 14.1. The van der Waals surface area contributed by atoms with Gasteiger partial charge in [-0.05, 0) is 29.5 Å². The van der Waals surface area contributed by atoms with Crippen LogP contribution in [-0.4, -0.2) is 23.9 Å². The third kappa shape index (κ3) is 2.16. The minimum Gasteiger partial charge on any atom is -0.384 e. The van der Waals surface area contributed by atoms with E-state index in [2.05, 4.69) is 39.7 Å².